The molecule has 0 aliphatic rings. The summed E-state index contributed by atoms with van der Waals surface area (Å²) in [6, 6.07) is 5.50. The number of aromatic nitrogens is 2. The van der Waals surface area contributed by atoms with Crippen molar-refractivity contribution < 1.29 is 4.79 Å². The van der Waals surface area contributed by atoms with Crippen LogP contribution >= 0.6 is 0 Å². The lowest BCUT2D eigenvalue weighted by Crippen LogP contribution is -2.01. The normalized spacial score (nSPS) is 10.5. The Morgan fingerprint density at radius 1 is 1.54 bits per heavy atom. The number of Topliss-reactive ketones (excluding diaryl/α,β-unsaturated/α-hetero) is 1. The number of imidazole rings is 1. The molecule has 0 saturated carbocycles. The number of ketones is 1. The molecule has 0 unspecified atom stereocenters. The molecule has 0 fully saturated rings. The first kappa shape index (κ1) is 7.79. The number of nitrogen functional groups attached to an aromatic ring is 1. The van der Waals surface area contributed by atoms with Gasteiger partial charge in [0.1, 0.15) is 11.3 Å². The van der Waals surface area contributed by atoms with Gasteiger partial charge in [-0.1, -0.05) is 6.07 Å². The molecule has 2 rings (SSSR count). The highest BCUT2D eigenvalue weighted by molar-refractivity contribution is 5.97. The van der Waals surface area contributed by atoms with Crippen LogP contribution < -0.4 is 5.73 Å². The van der Waals surface area contributed by atoms with Crippen molar-refractivity contribution in [2.75, 3.05) is 5.73 Å². The van der Waals surface area contributed by atoms with E-state index in [2.05, 4.69) is 4.98 Å². The largest absolute Gasteiger partial charge is 0.382 e. The summed E-state index contributed by atoms with van der Waals surface area (Å²) >= 11 is 0. The maximum Gasteiger partial charge on any atom is 0.180 e. The molecule has 0 atom stereocenters. The number of carbonyl (C=O) groups excluding carboxylic acids is 1. The summed E-state index contributed by atoms with van der Waals surface area (Å²) < 4.78 is 1.69. The van der Waals surface area contributed by atoms with Crippen LogP contribution in [0.15, 0.2) is 24.4 Å². The van der Waals surface area contributed by atoms with Crippen LogP contribution in [-0.4, -0.2) is 15.2 Å². The number of hydrogen-bond donors (Lipinski definition) is 1. The van der Waals surface area contributed by atoms with Crippen molar-refractivity contribution in [2.45, 2.75) is 6.92 Å². The summed E-state index contributed by atoms with van der Waals surface area (Å²) in [5, 5.41) is 0. The van der Waals surface area contributed by atoms with E-state index in [9.17, 15) is 4.79 Å². The Bertz CT molecular complexity index is 473. The van der Waals surface area contributed by atoms with E-state index < -0.39 is 0 Å². The van der Waals surface area contributed by atoms with Gasteiger partial charge in [0, 0.05) is 13.1 Å². The molecule has 4 heteroatoms. The monoisotopic (exact) mass is 175 g/mol. The Morgan fingerprint density at radius 2 is 2.31 bits per heavy atom. The van der Waals surface area contributed by atoms with Gasteiger partial charge < -0.3 is 5.73 Å². The highest BCUT2D eigenvalue weighted by Gasteiger charge is 2.12. The first-order valence-corrected chi connectivity index (χ1v) is 3.93. The molecule has 2 heterocycles. The van der Waals surface area contributed by atoms with Gasteiger partial charge in [0.15, 0.2) is 11.6 Å². The lowest BCUT2D eigenvalue weighted by atomic mass is 10.3. The van der Waals surface area contributed by atoms with E-state index in [0.717, 1.165) is 0 Å². The molecule has 0 aromatic carbocycles. The van der Waals surface area contributed by atoms with Gasteiger partial charge in [-0.05, 0) is 12.1 Å². The van der Waals surface area contributed by atoms with Gasteiger partial charge in [-0.3, -0.25) is 9.20 Å². The zero-order chi connectivity index (χ0) is 9.42. The van der Waals surface area contributed by atoms with Crippen LogP contribution in [-0.2, 0) is 0 Å². The lowest BCUT2D eigenvalue weighted by Gasteiger charge is -1.95. The molecule has 2 N–H and O–H groups in total. The van der Waals surface area contributed by atoms with Gasteiger partial charge in [-0.2, -0.15) is 0 Å². The van der Waals surface area contributed by atoms with E-state index >= 15 is 0 Å². The van der Waals surface area contributed by atoms with Gasteiger partial charge in [0.2, 0.25) is 0 Å². The average Bonchev–Trinajstić information content (AvgIpc) is 2.39. The van der Waals surface area contributed by atoms with Gasteiger partial charge in [-0.15, -0.1) is 0 Å². The summed E-state index contributed by atoms with van der Waals surface area (Å²) in [7, 11) is 0. The van der Waals surface area contributed by atoms with Crippen molar-refractivity contribution in [3.05, 3.63) is 30.1 Å². The first-order chi connectivity index (χ1) is 6.20. The zero-order valence-corrected chi connectivity index (χ0v) is 7.19. The summed E-state index contributed by atoms with van der Waals surface area (Å²) in [6.45, 7) is 1.48. The van der Waals surface area contributed by atoms with E-state index in [1.54, 1.807) is 10.6 Å². The fourth-order valence-electron chi connectivity index (χ4n) is 1.36. The van der Waals surface area contributed by atoms with Gasteiger partial charge in [0.25, 0.3) is 0 Å². The standard InChI is InChI=1S/C9H9N3O/c1-6(13)8-9(10)11-7-4-2-3-5-12(7)8/h2-5H,10H2,1H3. The first-order valence-electron chi connectivity index (χ1n) is 3.93. The van der Waals surface area contributed by atoms with Crippen LogP contribution in [0.3, 0.4) is 0 Å². The van der Waals surface area contributed by atoms with Crippen LogP contribution in [0.4, 0.5) is 5.82 Å². The molecular weight excluding hydrogens is 166 g/mol. The van der Waals surface area contributed by atoms with E-state index in [1.807, 2.05) is 18.2 Å². The Morgan fingerprint density at radius 3 is 3.00 bits per heavy atom. The van der Waals surface area contributed by atoms with E-state index in [1.165, 1.54) is 6.92 Å². The number of anilines is 1. The summed E-state index contributed by atoms with van der Waals surface area (Å²) in [5.41, 5.74) is 6.76. The van der Waals surface area contributed by atoms with E-state index in [-0.39, 0.29) is 5.78 Å². The molecule has 66 valence electrons. The van der Waals surface area contributed by atoms with Crippen LogP contribution in [0.2, 0.25) is 0 Å². The van der Waals surface area contributed by atoms with Gasteiger partial charge >= 0.3 is 0 Å². The molecule has 0 radical (unpaired) electrons. The van der Waals surface area contributed by atoms with Crippen LogP contribution in [0, 0.1) is 0 Å². The van der Waals surface area contributed by atoms with Gasteiger partial charge in [0.05, 0.1) is 0 Å². The zero-order valence-electron chi connectivity index (χ0n) is 7.19. The minimum Gasteiger partial charge on any atom is -0.382 e. The van der Waals surface area contributed by atoms with Crippen molar-refractivity contribution in [1.29, 1.82) is 0 Å². The summed E-state index contributed by atoms with van der Waals surface area (Å²) in [6.07, 6.45) is 1.77. The third-order valence-corrected chi connectivity index (χ3v) is 1.89. The molecule has 2 aromatic heterocycles. The molecule has 0 amide bonds. The van der Waals surface area contributed by atoms with E-state index in [4.69, 9.17) is 5.73 Å². The molecule has 13 heavy (non-hydrogen) atoms. The molecule has 0 spiro atoms. The number of nitrogens with two attached hydrogens (primary N) is 1. The molecule has 0 aliphatic heterocycles. The quantitative estimate of drug-likeness (QED) is 0.660. The Hall–Kier alpha value is -1.84. The Balaban J connectivity index is 2.86. The molecule has 4 nitrogen and oxygen atoms in total. The lowest BCUT2D eigenvalue weighted by molar-refractivity contribution is 0.101. The molecular formula is C9H9N3O. The van der Waals surface area contributed by atoms with E-state index in [0.29, 0.717) is 17.2 Å². The third kappa shape index (κ3) is 1.07. The number of carbonyl (C=O) groups is 1. The maximum absolute atomic E-state index is 11.2. The predicted octanol–water partition coefficient (Wildman–Crippen LogP) is 1.12. The Labute approximate surface area is 75.0 Å². The van der Waals surface area contributed by atoms with Crippen molar-refractivity contribution in [3.8, 4) is 0 Å². The second kappa shape index (κ2) is 2.58. The van der Waals surface area contributed by atoms with Crippen LogP contribution in [0.1, 0.15) is 17.4 Å². The summed E-state index contributed by atoms with van der Waals surface area (Å²) in [5.74, 6) is 0.218. The number of pyridine rings is 1. The fourth-order valence-corrected chi connectivity index (χ4v) is 1.36. The minimum atomic E-state index is -0.0730. The van der Waals surface area contributed by atoms with Crippen molar-refractivity contribution in [3.63, 3.8) is 0 Å². The summed E-state index contributed by atoms with van der Waals surface area (Å²) in [4.78, 5) is 15.3. The second-order valence-electron chi connectivity index (χ2n) is 2.83. The molecule has 0 aliphatic carbocycles. The number of rotatable bonds is 1. The molecule has 0 bridgehead atoms. The number of nitrogens with zero attached hydrogens (tertiary/aromatic N) is 2. The average molecular weight is 175 g/mol. The van der Waals surface area contributed by atoms with Gasteiger partial charge in [-0.25, -0.2) is 4.98 Å². The maximum atomic E-state index is 11.2. The minimum absolute atomic E-state index is 0.0730. The van der Waals surface area contributed by atoms with Crippen molar-refractivity contribution >= 4 is 17.2 Å². The highest BCUT2D eigenvalue weighted by atomic mass is 16.1. The topological polar surface area (TPSA) is 60.4 Å². The smallest absolute Gasteiger partial charge is 0.180 e. The third-order valence-electron chi connectivity index (χ3n) is 1.89. The number of hydrogen-bond acceptors (Lipinski definition) is 3. The molecule has 0 saturated heterocycles. The predicted molar refractivity (Wildman–Crippen MR) is 49.6 cm³/mol. The second-order valence-corrected chi connectivity index (χ2v) is 2.83. The van der Waals surface area contributed by atoms with Crippen LogP contribution in [0.5, 0.6) is 0 Å². The van der Waals surface area contributed by atoms with Crippen molar-refractivity contribution in [1.82, 2.24) is 9.38 Å². The molecule has 2 aromatic rings. The van der Waals surface area contributed by atoms with Crippen molar-refractivity contribution in [2.24, 2.45) is 0 Å². The SMILES string of the molecule is CC(=O)c1c(N)nc2ccccn12. The Kier molecular flexibility index (Phi) is 1.55. The highest BCUT2D eigenvalue weighted by Crippen LogP contribution is 2.14. The fraction of sp³-hybridized carbons (Fsp3) is 0.111. The van der Waals surface area contributed by atoms with Crippen LogP contribution in [0.25, 0.3) is 5.65 Å². The number of fused-ring (bicyclic) bond motifs is 1.